The molecule has 0 aliphatic carbocycles. The Morgan fingerprint density at radius 3 is 2.36 bits per heavy atom. The van der Waals surface area contributed by atoms with E-state index in [0.29, 0.717) is 6.04 Å². The lowest BCUT2D eigenvalue weighted by molar-refractivity contribution is 0.316. The summed E-state index contributed by atoms with van der Waals surface area (Å²) in [6, 6.07) is 2.63. The Hall–Kier alpha value is -0.550. The maximum atomic E-state index is 8.83. The van der Waals surface area contributed by atoms with E-state index in [-0.39, 0.29) is 5.41 Å². The van der Waals surface area contributed by atoms with Gasteiger partial charge >= 0.3 is 0 Å². The van der Waals surface area contributed by atoms with Crippen LogP contribution >= 0.6 is 0 Å². The van der Waals surface area contributed by atoms with Crippen molar-refractivity contribution in [2.75, 3.05) is 7.05 Å². The Bertz CT molecular complexity index is 144. The van der Waals surface area contributed by atoms with E-state index in [9.17, 15) is 0 Å². The third-order valence-electron chi connectivity index (χ3n) is 2.09. The van der Waals surface area contributed by atoms with E-state index in [1.807, 2.05) is 20.9 Å². The molecule has 0 radical (unpaired) electrons. The predicted molar refractivity (Wildman–Crippen MR) is 47.1 cm³/mol. The van der Waals surface area contributed by atoms with Crippen LogP contribution in [0.4, 0.5) is 0 Å². The molecule has 1 atom stereocenters. The van der Waals surface area contributed by atoms with Crippen LogP contribution in [0, 0.1) is 16.7 Å². The minimum absolute atomic E-state index is 0.245. The SMILES string of the molecule is CCCC(NC)C(C)(C)C#N. The Kier molecular flexibility index (Phi) is 4.14. The Morgan fingerprint density at radius 2 is 2.09 bits per heavy atom. The fraction of sp³-hybridized carbons (Fsp3) is 0.889. The largest absolute Gasteiger partial charge is 0.315 e. The minimum Gasteiger partial charge on any atom is -0.315 e. The summed E-state index contributed by atoms with van der Waals surface area (Å²) in [7, 11) is 1.92. The van der Waals surface area contributed by atoms with Gasteiger partial charge in [-0.1, -0.05) is 13.3 Å². The zero-order valence-corrected chi connectivity index (χ0v) is 7.94. The summed E-state index contributed by atoms with van der Waals surface area (Å²) in [6.45, 7) is 6.09. The summed E-state index contributed by atoms with van der Waals surface area (Å²) < 4.78 is 0. The van der Waals surface area contributed by atoms with E-state index >= 15 is 0 Å². The van der Waals surface area contributed by atoms with Crippen molar-refractivity contribution < 1.29 is 0 Å². The zero-order valence-electron chi connectivity index (χ0n) is 7.94. The number of hydrogen-bond donors (Lipinski definition) is 1. The number of nitrogens with one attached hydrogen (secondary N) is 1. The fourth-order valence-electron chi connectivity index (χ4n) is 1.23. The molecule has 11 heavy (non-hydrogen) atoms. The molecule has 1 N–H and O–H groups in total. The molecule has 0 aliphatic heterocycles. The molecular formula is C9H18N2. The molecule has 2 heteroatoms. The van der Waals surface area contributed by atoms with Crippen LogP contribution in [0.1, 0.15) is 33.6 Å². The van der Waals surface area contributed by atoms with Crippen LogP contribution in [-0.2, 0) is 0 Å². The molecule has 0 saturated carbocycles. The molecule has 1 unspecified atom stereocenters. The average Bonchev–Trinajstić information content (AvgIpc) is 2.00. The molecule has 0 aromatic heterocycles. The molecule has 0 heterocycles. The lowest BCUT2D eigenvalue weighted by Gasteiger charge is -2.27. The van der Waals surface area contributed by atoms with E-state index in [1.54, 1.807) is 0 Å². The zero-order chi connectivity index (χ0) is 8.91. The van der Waals surface area contributed by atoms with Gasteiger partial charge in [-0.3, -0.25) is 0 Å². The third-order valence-corrected chi connectivity index (χ3v) is 2.09. The first kappa shape index (κ1) is 10.4. The molecule has 0 amide bonds. The van der Waals surface area contributed by atoms with Crippen molar-refractivity contribution in [3.63, 3.8) is 0 Å². The molecule has 0 fully saturated rings. The summed E-state index contributed by atoms with van der Waals surface area (Å²) in [6.07, 6.45) is 2.19. The highest BCUT2D eigenvalue weighted by molar-refractivity contribution is 4.99. The van der Waals surface area contributed by atoms with Gasteiger partial charge in [0.15, 0.2) is 0 Å². The van der Waals surface area contributed by atoms with Crippen molar-refractivity contribution >= 4 is 0 Å². The number of nitrogens with zero attached hydrogens (tertiary/aromatic N) is 1. The van der Waals surface area contributed by atoms with Crippen LogP contribution in [-0.4, -0.2) is 13.1 Å². The number of hydrogen-bond acceptors (Lipinski definition) is 2. The maximum Gasteiger partial charge on any atom is 0.0700 e. The van der Waals surface area contributed by atoms with Gasteiger partial charge in [-0.2, -0.15) is 5.26 Å². The molecule has 0 aromatic carbocycles. The van der Waals surface area contributed by atoms with Crippen molar-refractivity contribution in [2.45, 2.75) is 39.7 Å². The van der Waals surface area contributed by atoms with Gasteiger partial charge in [0.2, 0.25) is 0 Å². The van der Waals surface area contributed by atoms with E-state index in [4.69, 9.17) is 5.26 Å². The van der Waals surface area contributed by atoms with Crippen molar-refractivity contribution in [1.82, 2.24) is 5.32 Å². The van der Waals surface area contributed by atoms with Crippen LogP contribution in [0.25, 0.3) is 0 Å². The molecule has 0 aliphatic rings. The summed E-state index contributed by atoms with van der Waals surface area (Å²) in [4.78, 5) is 0. The average molecular weight is 154 g/mol. The summed E-state index contributed by atoms with van der Waals surface area (Å²) in [5.41, 5.74) is -0.245. The van der Waals surface area contributed by atoms with E-state index < -0.39 is 0 Å². The van der Waals surface area contributed by atoms with E-state index in [2.05, 4.69) is 18.3 Å². The second-order valence-corrected chi connectivity index (χ2v) is 3.46. The lowest BCUT2D eigenvalue weighted by atomic mass is 9.84. The minimum atomic E-state index is -0.245. The molecule has 0 spiro atoms. The van der Waals surface area contributed by atoms with Crippen LogP contribution in [0.15, 0.2) is 0 Å². The van der Waals surface area contributed by atoms with E-state index in [0.717, 1.165) is 12.8 Å². The normalized spacial score (nSPS) is 14.1. The smallest absolute Gasteiger partial charge is 0.0700 e. The van der Waals surface area contributed by atoms with Crippen LogP contribution < -0.4 is 5.32 Å². The maximum absolute atomic E-state index is 8.83. The Balaban J connectivity index is 4.14. The first-order valence-corrected chi connectivity index (χ1v) is 4.17. The van der Waals surface area contributed by atoms with Gasteiger partial charge in [0, 0.05) is 6.04 Å². The molecule has 0 saturated heterocycles. The van der Waals surface area contributed by atoms with Gasteiger partial charge < -0.3 is 5.32 Å². The van der Waals surface area contributed by atoms with Gasteiger partial charge in [-0.25, -0.2) is 0 Å². The predicted octanol–water partition coefficient (Wildman–Crippen LogP) is 1.92. The highest BCUT2D eigenvalue weighted by Crippen LogP contribution is 2.22. The summed E-state index contributed by atoms with van der Waals surface area (Å²) >= 11 is 0. The quantitative estimate of drug-likeness (QED) is 0.671. The molecule has 0 aromatic rings. The lowest BCUT2D eigenvalue weighted by Crippen LogP contribution is -2.38. The second kappa shape index (κ2) is 4.35. The Morgan fingerprint density at radius 1 is 1.55 bits per heavy atom. The second-order valence-electron chi connectivity index (χ2n) is 3.46. The van der Waals surface area contributed by atoms with Crippen LogP contribution in [0.5, 0.6) is 0 Å². The number of nitriles is 1. The van der Waals surface area contributed by atoms with Gasteiger partial charge in [-0.05, 0) is 27.3 Å². The first-order valence-electron chi connectivity index (χ1n) is 4.17. The highest BCUT2D eigenvalue weighted by atomic mass is 14.9. The van der Waals surface area contributed by atoms with E-state index in [1.165, 1.54) is 0 Å². The molecule has 0 rings (SSSR count). The van der Waals surface area contributed by atoms with Crippen molar-refractivity contribution in [2.24, 2.45) is 5.41 Å². The van der Waals surface area contributed by atoms with Crippen molar-refractivity contribution in [3.05, 3.63) is 0 Å². The third kappa shape index (κ3) is 2.90. The number of rotatable bonds is 4. The standard InChI is InChI=1S/C9H18N2/c1-5-6-8(11-4)9(2,3)7-10/h8,11H,5-6H2,1-4H3. The van der Waals surface area contributed by atoms with Gasteiger partial charge in [0.25, 0.3) is 0 Å². The first-order chi connectivity index (χ1) is 5.08. The molecular weight excluding hydrogens is 136 g/mol. The molecule has 64 valence electrons. The van der Waals surface area contributed by atoms with Gasteiger partial charge in [-0.15, -0.1) is 0 Å². The van der Waals surface area contributed by atoms with Gasteiger partial charge in [0.1, 0.15) is 0 Å². The monoisotopic (exact) mass is 154 g/mol. The van der Waals surface area contributed by atoms with Gasteiger partial charge in [0.05, 0.1) is 11.5 Å². The topological polar surface area (TPSA) is 35.8 Å². The highest BCUT2D eigenvalue weighted by Gasteiger charge is 2.26. The van der Waals surface area contributed by atoms with Crippen LogP contribution in [0.3, 0.4) is 0 Å². The molecule has 2 nitrogen and oxygen atoms in total. The van der Waals surface area contributed by atoms with Crippen molar-refractivity contribution in [1.29, 1.82) is 5.26 Å². The molecule has 0 bridgehead atoms. The Labute approximate surface area is 69.6 Å². The summed E-state index contributed by atoms with van der Waals surface area (Å²) in [5, 5.41) is 12.0. The van der Waals surface area contributed by atoms with Crippen molar-refractivity contribution in [3.8, 4) is 6.07 Å². The summed E-state index contributed by atoms with van der Waals surface area (Å²) in [5.74, 6) is 0. The van der Waals surface area contributed by atoms with Crippen LogP contribution in [0.2, 0.25) is 0 Å². The fourth-order valence-corrected chi connectivity index (χ4v) is 1.23.